The van der Waals surface area contributed by atoms with Crippen molar-refractivity contribution in [3.63, 3.8) is 0 Å². The number of carboxylic acid groups (broad SMARTS) is 2. The number of aliphatic hydroxyl groups is 2. The van der Waals surface area contributed by atoms with Gasteiger partial charge in [0.25, 0.3) is 7.59 Å². The van der Waals surface area contributed by atoms with Crippen molar-refractivity contribution < 1.29 is 30.0 Å². The second-order valence-corrected chi connectivity index (χ2v) is 6.62. The first-order valence-corrected chi connectivity index (χ1v) is 5.89. The highest BCUT2D eigenvalue weighted by Gasteiger charge is 2.30. The molecule has 0 rings (SSSR count). The van der Waals surface area contributed by atoms with Gasteiger partial charge in [-0.2, -0.15) is 0 Å². The van der Waals surface area contributed by atoms with Crippen molar-refractivity contribution in [2.24, 2.45) is 0 Å². The molecule has 0 saturated carbocycles. The van der Waals surface area contributed by atoms with Crippen LogP contribution in [0, 0.1) is 0 Å². The van der Waals surface area contributed by atoms with E-state index in [-0.39, 0.29) is 13.2 Å². The van der Waals surface area contributed by atoms with Crippen molar-refractivity contribution in [2.75, 3.05) is 13.2 Å². The summed E-state index contributed by atoms with van der Waals surface area (Å²) in [5.74, 6) is -2.92. The summed E-state index contributed by atoms with van der Waals surface area (Å²) in [6.07, 6.45) is 0. The molecule has 0 unspecified atom stereocenters. The van der Waals surface area contributed by atoms with Crippen LogP contribution in [0.1, 0.15) is 0 Å². The minimum Gasteiger partial charge on any atom is -0.478 e. The zero-order valence-electron chi connectivity index (χ0n) is 8.29. The molecule has 110 valence electrons. The molecule has 0 aliphatic rings. The molecule has 6 nitrogen and oxygen atoms in total. The van der Waals surface area contributed by atoms with Crippen molar-refractivity contribution in [1.29, 1.82) is 0 Å². The molecular weight excluding hydrogens is 381 g/mol. The van der Waals surface area contributed by atoms with Gasteiger partial charge in [-0.15, -0.1) is 0 Å². The molecule has 0 aromatic carbocycles. The largest absolute Gasteiger partial charge is 0.478 e. The summed E-state index contributed by atoms with van der Waals surface area (Å²) in [4.78, 5) is 19.2. The molecule has 12 heteroatoms. The van der Waals surface area contributed by atoms with Gasteiger partial charge < -0.3 is 20.4 Å². The third-order valence-electron chi connectivity index (χ3n) is 0.585. The minimum absolute atomic E-state index is 0.125. The van der Waals surface area contributed by atoms with Crippen LogP contribution in [-0.2, 0) is 9.59 Å². The minimum atomic E-state index is -2.17. The number of aliphatic hydroxyl groups excluding tert-OH is 2. The van der Waals surface area contributed by atoms with E-state index in [9.17, 15) is 9.59 Å². The number of halogens is 6. The quantitative estimate of drug-likeness (QED) is 0.510. The van der Waals surface area contributed by atoms with E-state index in [1.807, 2.05) is 0 Å². The standard InChI is InChI=1S/2C2HCl3O2.C2H6O2/c2*3-2(4,5)1(6)7;3-1-2-4/h2*(H,6,7);3-4H,1-2H2. The van der Waals surface area contributed by atoms with Gasteiger partial charge >= 0.3 is 11.9 Å². The lowest BCUT2D eigenvalue weighted by Crippen LogP contribution is -2.16. The van der Waals surface area contributed by atoms with E-state index in [0.717, 1.165) is 0 Å². The smallest absolute Gasteiger partial charge is 0.356 e. The van der Waals surface area contributed by atoms with Gasteiger partial charge in [-0.25, -0.2) is 9.59 Å². The van der Waals surface area contributed by atoms with E-state index in [2.05, 4.69) is 0 Å². The third-order valence-corrected chi connectivity index (χ3v) is 1.56. The molecule has 0 bridgehead atoms. The summed E-state index contributed by atoms with van der Waals surface area (Å²) < 4.78 is -4.33. The van der Waals surface area contributed by atoms with Crippen LogP contribution in [0.15, 0.2) is 0 Å². The van der Waals surface area contributed by atoms with E-state index < -0.39 is 19.5 Å². The van der Waals surface area contributed by atoms with E-state index in [1.54, 1.807) is 0 Å². The maximum absolute atomic E-state index is 9.62. The molecule has 0 heterocycles. The molecule has 0 spiro atoms. The highest BCUT2D eigenvalue weighted by molar-refractivity contribution is 6.76. The van der Waals surface area contributed by atoms with Crippen molar-refractivity contribution in [1.82, 2.24) is 0 Å². The normalized spacial score (nSPS) is 10.4. The Hall–Kier alpha value is 0.600. The van der Waals surface area contributed by atoms with Gasteiger partial charge in [0.1, 0.15) is 0 Å². The third kappa shape index (κ3) is 21.8. The Morgan fingerprint density at radius 3 is 0.833 bits per heavy atom. The molecule has 0 aliphatic carbocycles. The fourth-order valence-electron chi connectivity index (χ4n) is 0. The van der Waals surface area contributed by atoms with Crippen LogP contribution in [0.5, 0.6) is 0 Å². The van der Waals surface area contributed by atoms with Gasteiger partial charge in [-0.1, -0.05) is 69.6 Å². The van der Waals surface area contributed by atoms with Crippen LogP contribution in [0.2, 0.25) is 0 Å². The van der Waals surface area contributed by atoms with Crippen LogP contribution in [0.4, 0.5) is 0 Å². The van der Waals surface area contributed by atoms with Crippen LogP contribution in [0.3, 0.4) is 0 Å². The molecule has 0 aromatic rings. The molecule has 0 atom stereocenters. The Morgan fingerprint density at radius 2 is 0.833 bits per heavy atom. The Labute approximate surface area is 132 Å². The van der Waals surface area contributed by atoms with Crippen molar-refractivity contribution >= 4 is 81.5 Å². The van der Waals surface area contributed by atoms with Crippen LogP contribution in [0.25, 0.3) is 0 Å². The summed E-state index contributed by atoms with van der Waals surface area (Å²) in [5, 5.41) is 31.0. The van der Waals surface area contributed by atoms with E-state index in [0.29, 0.717) is 0 Å². The molecule has 18 heavy (non-hydrogen) atoms. The number of hydrogen-bond acceptors (Lipinski definition) is 4. The van der Waals surface area contributed by atoms with Gasteiger partial charge in [0.15, 0.2) is 0 Å². The van der Waals surface area contributed by atoms with E-state index in [1.165, 1.54) is 0 Å². The highest BCUT2D eigenvalue weighted by atomic mass is 35.6. The topological polar surface area (TPSA) is 115 Å². The number of hydrogen-bond donors (Lipinski definition) is 4. The predicted octanol–water partition coefficient (Wildman–Crippen LogP) is 1.85. The van der Waals surface area contributed by atoms with Crippen LogP contribution >= 0.6 is 69.6 Å². The maximum Gasteiger partial charge on any atom is 0.356 e. The average molecular weight is 389 g/mol. The first-order valence-electron chi connectivity index (χ1n) is 3.62. The molecule has 0 amide bonds. The number of carboxylic acids is 2. The van der Waals surface area contributed by atoms with Crippen molar-refractivity contribution in [2.45, 2.75) is 7.59 Å². The van der Waals surface area contributed by atoms with Gasteiger partial charge in [0.2, 0.25) is 0 Å². The monoisotopic (exact) mass is 386 g/mol. The summed E-state index contributed by atoms with van der Waals surface area (Å²) in [7, 11) is 0. The molecule has 0 fully saturated rings. The molecule has 0 saturated heterocycles. The second kappa shape index (κ2) is 11.4. The lowest BCUT2D eigenvalue weighted by molar-refractivity contribution is -0.136. The summed E-state index contributed by atoms with van der Waals surface area (Å²) >= 11 is 28.8. The lowest BCUT2D eigenvalue weighted by atomic mass is 10.8. The Balaban J connectivity index is -0.000000196. The predicted molar refractivity (Wildman–Crippen MR) is 70.0 cm³/mol. The first-order chi connectivity index (χ1) is 7.80. The number of carbonyl (C=O) groups is 2. The molecule has 0 aromatic heterocycles. The zero-order chi connectivity index (χ0) is 15.6. The van der Waals surface area contributed by atoms with Crippen molar-refractivity contribution in [3.05, 3.63) is 0 Å². The van der Waals surface area contributed by atoms with E-state index >= 15 is 0 Å². The van der Waals surface area contributed by atoms with Gasteiger partial charge in [-0.3, -0.25) is 0 Å². The van der Waals surface area contributed by atoms with E-state index in [4.69, 9.17) is 90.0 Å². The first kappa shape index (κ1) is 23.7. The average Bonchev–Trinajstić information content (AvgIpc) is 2.16. The number of aliphatic carboxylic acids is 2. The fourth-order valence-corrected chi connectivity index (χ4v) is 0. The summed E-state index contributed by atoms with van der Waals surface area (Å²) in [6.45, 7) is -0.250. The highest BCUT2D eigenvalue weighted by Crippen LogP contribution is 2.25. The lowest BCUT2D eigenvalue weighted by Gasteiger charge is -1.99. The second-order valence-electron chi connectivity index (χ2n) is 2.05. The molecule has 4 N–H and O–H groups in total. The Morgan fingerprint density at radius 1 is 0.722 bits per heavy atom. The Kier molecular flexibility index (Phi) is 15.0. The van der Waals surface area contributed by atoms with Gasteiger partial charge in [0, 0.05) is 0 Å². The summed E-state index contributed by atoms with van der Waals surface area (Å²) in [5.41, 5.74) is 0. The summed E-state index contributed by atoms with van der Waals surface area (Å²) in [6, 6.07) is 0. The van der Waals surface area contributed by atoms with Gasteiger partial charge in [0.05, 0.1) is 13.2 Å². The van der Waals surface area contributed by atoms with Crippen LogP contribution < -0.4 is 0 Å². The molecule has 0 radical (unpaired) electrons. The molecular formula is C6H8Cl6O6. The zero-order valence-corrected chi connectivity index (χ0v) is 12.8. The molecule has 0 aliphatic heterocycles. The SMILES string of the molecule is O=C(O)C(Cl)(Cl)Cl.O=C(O)C(Cl)(Cl)Cl.OCCO. The Bertz CT molecular complexity index is 220. The fraction of sp³-hybridized carbons (Fsp3) is 0.667. The van der Waals surface area contributed by atoms with Crippen LogP contribution in [-0.4, -0.2) is 53.2 Å². The van der Waals surface area contributed by atoms with Gasteiger partial charge in [-0.05, 0) is 0 Å². The number of rotatable bonds is 1. The maximum atomic E-state index is 9.62. The van der Waals surface area contributed by atoms with Crippen molar-refractivity contribution in [3.8, 4) is 0 Å². The number of alkyl halides is 6.